The highest BCUT2D eigenvalue weighted by molar-refractivity contribution is 5.77. The van der Waals surface area contributed by atoms with Gasteiger partial charge in [-0.15, -0.1) is 0 Å². The van der Waals surface area contributed by atoms with Gasteiger partial charge in [-0.1, -0.05) is 0 Å². The summed E-state index contributed by atoms with van der Waals surface area (Å²) in [5.41, 5.74) is 0. The van der Waals surface area contributed by atoms with E-state index < -0.39 is 18.5 Å². The summed E-state index contributed by atoms with van der Waals surface area (Å²) >= 11 is 0. The van der Waals surface area contributed by atoms with Crippen molar-refractivity contribution in [3.63, 3.8) is 0 Å². The van der Waals surface area contributed by atoms with Gasteiger partial charge >= 0.3 is 6.18 Å². The Morgan fingerprint density at radius 1 is 1.50 bits per heavy atom. The molecular weight excluding hydrogens is 197 g/mol. The van der Waals surface area contributed by atoms with Gasteiger partial charge in [0.25, 0.3) is 0 Å². The molecule has 3 fully saturated rings. The third kappa shape index (κ3) is 1.84. The van der Waals surface area contributed by atoms with E-state index in [1.54, 1.807) is 0 Å². The lowest BCUT2D eigenvalue weighted by molar-refractivity contribution is -0.154. The SMILES string of the molecule is O=C(CC(F)(F)F)NC1C2CNC1C2. The second kappa shape index (κ2) is 3.12. The molecule has 0 aromatic heterocycles. The van der Waals surface area contributed by atoms with Gasteiger partial charge in [0.2, 0.25) is 5.91 Å². The summed E-state index contributed by atoms with van der Waals surface area (Å²) in [5.74, 6) is -0.585. The number of carbonyl (C=O) groups excluding carboxylic acids is 1. The van der Waals surface area contributed by atoms with Crippen LogP contribution in [0, 0.1) is 5.92 Å². The maximum atomic E-state index is 11.8. The second-order valence-electron chi connectivity index (χ2n) is 3.90. The minimum Gasteiger partial charge on any atom is -0.351 e. The molecule has 0 radical (unpaired) electrons. The highest BCUT2D eigenvalue weighted by atomic mass is 19.4. The normalized spacial score (nSPS) is 35.2. The van der Waals surface area contributed by atoms with Crippen molar-refractivity contribution < 1.29 is 18.0 Å². The lowest BCUT2D eigenvalue weighted by atomic mass is 9.80. The van der Waals surface area contributed by atoms with Gasteiger partial charge in [0.1, 0.15) is 6.42 Å². The number of alkyl halides is 3. The molecule has 3 atom stereocenters. The van der Waals surface area contributed by atoms with E-state index in [0.717, 1.165) is 13.0 Å². The lowest BCUT2D eigenvalue weighted by Gasteiger charge is -2.35. The molecule has 2 aliphatic heterocycles. The maximum Gasteiger partial charge on any atom is 0.397 e. The highest BCUT2D eigenvalue weighted by Gasteiger charge is 2.47. The number of nitrogens with one attached hydrogen (secondary N) is 2. The number of rotatable bonds is 2. The molecule has 2 saturated heterocycles. The Morgan fingerprint density at radius 3 is 2.64 bits per heavy atom. The molecular formula is C8H11F3N2O. The maximum absolute atomic E-state index is 11.8. The van der Waals surface area contributed by atoms with Crippen LogP contribution < -0.4 is 10.6 Å². The van der Waals surface area contributed by atoms with Gasteiger partial charge < -0.3 is 10.6 Å². The summed E-state index contributed by atoms with van der Waals surface area (Å²) in [6.45, 7) is 0.807. The molecule has 1 saturated carbocycles. The summed E-state index contributed by atoms with van der Waals surface area (Å²) in [6, 6.07) is 0.113. The quantitative estimate of drug-likeness (QED) is 0.690. The molecule has 2 heterocycles. The van der Waals surface area contributed by atoms with Gasteiger partial charge in [-0.05, 0) is 12.3 Å². The zero-order valence-corrected chi connectivity index (χ0v) is 7.40. The number of fused-ring (bicyclic) bond motifs is 1. The van der Waals surface area contributed by atoms with Crippen LogP contribution in [0.25, 0.3) is 0 Å². The Bertz CT molecular complexity index is 239. The second-order valence-corrected chi connectivity index (χ2v) is 3.90. The first-order valence-electron chi connectivity index (χ1n) is 4.55. The molecule has 3 rings (SSSR count). The van der Waals surface area contributed by atoms with E-state index in [4.69, 9.17) is 0 Å². The minimum absolute atomic E-state index is 0.0788. The van der Waals surface area contributed by atoms with Gasteiger partial charge in [-0.2, -0.15) is 13.2 Å². The highest BCUT2D eigenvalue weighted by Crippen LogP contribution is 2.34. The van der Waals surface area contributed by atoms with Crippen LogP contribution in [0.3, 0.4) is 0 Å². The molecule has 1 aliphatic carbocycles. The van der Waals surface area contributed by atoms with E-state index in [2.05, 4.69) is 10.6 Å². The number of halogens is 3. The van der Waals surface area contributed by atoms with E-state index in [9.17, 15) is 18.0 Å². The average molecular weight is 208 g/mol. The van der Waals surface area contributed by atoms with Crippen LogP contribution in [0.15, 0.2) is 0 Å². The first-order valence-corrected chi connectivity index (χ1v) is 4.55. The van der Waals surface area contributed by atoms with Crippen molar-refractivity contribution in [2.24, 2.45) is 5.92 Å². The molecule has 6 heteroatoms. The van der Waals surface area contributed by atoms with Crippen molar-refractivity contribution in [2.45, 2.75) is 31.1 Å². The molecule has 14 heavy (non-hydrogen) atoms. The largest absolute Gasteiger partial charge is 0.397 e. The zero-order chi connectivity index (χ0) is 10.3. The van der Waals surface area contributed by atoms with E-state index in [1.807, 2.05) is 0 Å². The molecule has 80 valence electrons. The van der Waals surface area contributed by atoms with Crippen molar-refractivity contribution >= 4 is 5.91 Å². The smallest absolute Gasteiger partial charge is 0.351 e. The topological polar surface area (TPSA) is 41.1 Å². The summed E-state index contributed by atoms with van der Waals surface area (Å²) in [6.07, 6.45) is -4.81. The third-order valence-corrected chi connectivity index (χ3v) is 2.83. The van der Waals surface area contributed by atoms with Crippen molar-refractivity contribution in [1.82, 2.24) is 10.6 Å². The van der Waals surface area contributed by atoms with Crippen LogP contribution in [0.5, 0.6) is 0 Å². The van der Waals surface area contributed by atoms with Crippen LogP contribution in [-0.2, 0) is 4.79 Å². The monoisotopic (exact) mass is 208 g/mol. The van der Waals surface area contributed by atoms with E-state index in [-0.39, 0.29) is 12.1 Å². The van der Waals surface area contributed by atoms with Crippen molar-refractivity contribution in [3.8, 4) is 0 Å². The van der Waals surface area contributed by atoms with Crippen molar-refractivity contribution in [2.75, 3.05) is 6.54 Å². The summed E-state index contributed by atoms with van der Waals surface area (Å²) < 4.78 is 35.4. The Morgan fingerprint density at radius 2 is 2.21 bits per heavy atom. The Labute approximate surface area is 79.0 Å². The standard InChI is InChI=1S/C8H11F3N2O/c9-8(10,11)2-6(14)13-7-4-1-5(7)12-3-4/h4-5,7,12H,1-3H2,(H,13,14). The van der Waals surface area contributed by atoms with Crippen LogP contribution in [0.2, 0.25) is 0 Å². The van der Waals surface area contributed by atoms with Gasteiger partial charge in [-0.3, -0.25) is 4.79 Å². The van der Waals surface area contributed by atoms with Crippen LogP contribution in [-0.4, -0.2) is 30.7 Å². The van der Waals surface area contributed by atoms with Gasteiger partial charge in [-0.25, -0.2) is 0 Å². The number of hydrogen-bond acceptors (Lipinski definition) is 2. The van der Waals surface area contributed by atoms with Crippen LogP contribution in [0.4, 0.5) is 13.2 Å². The fourth-order valence-electron chi connectivity index (χ4n) is 2.11. The summed E-state index contributed by atoms with van der Waals surface area (Å²) in [4.78, 5) is 10.9. The first kappa shape index (κ1) is 9.76. The lowest BCUT2D eigenvalue weighted by Crippen LogP contribution is -2.54. The number of carbonyl (C=O) groups is 1. The van der Waals surface area contributed by atoms with Crippen LogP contribution in [0.1, 0.15) is 12.8 Å². The van der Waals surface area contributed by atoms with E-state index in [1.165, 1.54) is 0 Å². The molecule has 2 N–H and O–H groups in total. The number of hydrogen-bond donors (Lipinski definition) is 2. The molecule has 0 spiro atoms. The molecule has 3 aliphatic rings. The molecule has 3 nitrogen and oxygen atoms in total. The Kier molecular flexibility index (Phi) is 2.17. The molecule has 2 bridgehead atoms. The number of amides is 1. The molecule has 1 amide bonds. The Hall–Kier alpha value is -0.780. The molecule has 0 aromatic carbocycles. The fourth-order valence-corrected chi connectivity index (χ4v) is 2.11. The van der Waals surface area contributed by atoms with Gasteiger partial charge in [0.15, 0.2) is 0 Å². The first-order chi connectivity index (χ1) is 6.46. The predicted octanol–water partition coefficient (Wildman–Crippen LogP) is 0.415. The average Bonchev–Trinajstić information content (AvgIpc) is 2.55. The fraction of sp³-hybridized carbons (Fsp3) is 0.875. The summed E-state index contributed by atoms with van der Waals surface area (Å²) in [5, 5.41) is 5.53. The van der Waals surface area contributed by atoms with Crippen molar-refractivity contribution in [3.05, 3.63) is 0 Å². The van der Waals surface area contributed by atoms with Crippen LogP contribution >= 0.6 is 0 Å². The minimum atomic E-state index is -4.40. The molecule has 0 aromatic rings. The van der Waals surface area contributed by atoms with Gasteiger partial charge in [0, 0.05) is 18.6 Å². The molecule has 3 unspecified atom stereocenters. The van der Waals surface area contributed by atoms with Crippen molar-refractivity contribution in [1.29, 1.82) is 0 Å². The van der Waals surface area contributed by atoms with E-state index >= 15 is 0 Å². The predicted molar refractivity (Wildman–Crippen MR) is 42.5 cm³/mol. The summed E-state index contributed by atoms with van der Waals surface area (Å²) in [7, 11) is 0. The Balaban J connectivity index is 1.78. The third-order valence-electron chi connectivity index (χ3n) is 2.83. The van der Waals surface area contributed by atoms with Gasteiger partial charge in [0.05, 0.1) is 0 Å². The van der Waals surface area contributed by atoms with E-state index in [0.29, 0.717) is 5.92 Å². The zero-order valence-electron chi connectivity index (χ0n) is 7.40.